The zero-order valence-corrected chi connectivity index (χ0v) is 13.2. The van der Waals surface area contributed by atoms with E-state index in [4.69, 9.17) is 15.2 Å². The topological polar surface area (TPSA) is 47.7 Å². The first-order valence-corrected chi connectivity index (χ1v) is 7.76. The highest BCUT2D eigenvalue weighted by atomic mass is 127. The first-order chi connectivity index (χ1) is 9.15. The van der Waals surface area contributed by atoms with Crippen LogP contribution in [-0.4, -0.2) is 43.3 Å². The van der Waals surface area contributed by atoms with E-state index in [9.17, 15) is 0 Å². The Morgan fingerprint density at radius 3 is 3.05 bits per heavy atom. The van der Waals surface area contributed by atoms with Crippen molar-refractivity contribution in [2.45, 2.75) is 25.1 Å². The predicted molar refractivity (Wildman–Crippen MR) is 82.4 cm³/mol. The Morgan fingerprint density at radius 1 is 1.42 bits per heavy atom. The normalized spacial score (nSPS) is 31.6. The first kappa shape index (κ1) is 13.6. The van der Waals surface area contributed by atoms with Gasteiger partial charge in [-0.2, -0.15) is 0 Å². The molecule has 2 aliphatic heterocycles. The van der Waals surface area contributed by atoms with E-state index in [2.05, 4.69) is 52.6 Å². The molecule has 0 bridgehead atoms. The summed E-state index contributed by atoms with van der Waals surface area (Å²) >= 11 is 2.30. The van der Waals surface area contributed by atoms with Crippen LogP contribution in [0.5, 0.6) is 5.75 Å². The van der Waals surface area contributed by atoms with Crippen LogP contribution >= 0.6 is 22.6 Å². The van der Waals surface area contributed by atoms with Crippen LogP contribution in [0.2, 0.25) is 0 Å². The third-order valence-corrected chi connectivity index (χ3v) is 4.57. The molecule has 1 saturated heterocycles. The highest BCUT2D eigenvalue weighted by Gasteiger charge is 2.34. The average Bonchev–Trinajstić information content (AvgIpc) is 2.39. The van der Waals surface area contributed by atoms with E-state index in [0.29, 0.717) is 6.61 Å². The molecule has 104 valence electrons. The van der Waals surface area contributed by atoms with Crippen molar-refractivity contribution in [1.82, 2.24) is 4.90 Å². The van der Waals surface area contributed by atoms with E-state index in [1.165, 1.54) is 3.57 Å². The number of benzene rings is 1. The van der Waals surface area contributed by atoms with E-state index >= 15 is 0 Å². The van der Waals surface area contributed by atoms with Gasteiger partial charge >= 0.3 is 0 Å². The lowest BCUT2D eigenvalue weighted by Crippen LogP contribution is -2.54. The van der Waals surface area contributed by atoms with E-state index in [1.807, 2.05) is 0 Å². The van der Waals surface area contributed by atoms with Crippen LogP contribution in [0.4, 0.5) is 0 Å². The highest BCUT2D eigenvalue weighted by Crippen LogP contribution is 2.34. The molecule has 0 unspecified atom stereocenters. The molecule has 1 fully saturated rings. The molecule has 1 aromatic rings. The van der Waals surface area contributed by atoms with E-state index in [0.717, 1.165) is 31.0 Å². The van der Waals surface area contributed by atoms with Gasteiger partial charge in [-0.1, -0.05) is 6.07 Å². The lowest BCUT2D eigenvalue weighted by molar-refractivity contribution is -0.0478. The van der Waals surface area contributed by atoms with Crippen LogP contribution in [0.15, 0.2) is 18.2 Å². The number of hydrogen-bond donors (Lipinski definition) is 1. The first-order valence-electron chi connectivity index (χ1n) is 6.68. The smallest absolute Gasteiger partial charge is 0.125 e. The fourth-order valence-corrected chi connectivity index (χ4v) is 3.34. The lowest BCUT2D eigenvalue weighted by Gasteiger charge is -2.42. The lowest BCUT2D eigenvalue weighted by atomic mass is 9.95. The van der Waals surface area contributed by atoms with Crippen LogP contribution < -0.4 is 10.5 Å². The molecule has 0 spiro atoms. The van der Waals surface area contributed by atoms with Crippen LogP contribution in [0.3, 0.4) is 0 Å². The Hall–Kier alpha value is -0.370. The van der Waals surface area contributed by atoms with Crippen molar-refractivity contribution in [3.05, 3.63) is 27.3 Å². The van der Waals surface area contributed by atoms with Gasteiger partial charge in [-0.15, -0.1) is 0 Å². The Kier molecular flexibility index (Phi) is 3.98. The van der Waals surface area contributed by atoms with Crippen molar-refractivity contribution < 1.29 is 9.47 Å². The molecule has 0 amide bonds. The summed E-state index contributed by atoms with van der Waals surface area (Å²) < 4.78 is 12.7. The summed E-state index contributed by atoms with van der Waals surface area (Å²) in [7, 11) is 0. The van der Waals surface area contributed by atoms with Crippen LogP contribution in [-0.2, 0) is 4.74 Å². The van der Waals surface area contributed by atoms with E-state index in [1.54, 1.807) is 0 Å². The molecule has 19 heavy (non-hydrogen) atoms. The minimum Gasteiger partial charge on any atom is -0.491 e. The van der Waals surface area contributed by atoms with Gasteiger partial charge < -0.3 is 15.2 Å². The molecule has 0 radical (unpaired) electrons. The number of rotatable bonds is 1. The molecular formula is C14H19IN2O2. The predicted octanol–water partition coefficient (Wildman–Crippen LogP) is 1.77. The van der Waals surface area contributed by atoms with Gasteiger partial charge in [0.05, 0.1) is 24.8 Å². The van der Waals surface area contributed by atoms with Crippen molar-refractivity contribution in [2.75, 3.05) is 26.3 Å². The molecule has 3 rings (SSSR count). The SMILES string of the molecule is C[C@@H]1CN([C@H]2COc3cc(I)ccc3[C@@H]2N)CCO1. The maximum absolute atomic E-state index is 6.45. The van der Waals surface area contributed by atoms with Crippen molar-refractivity contribution in [3.63, 3.8) is 0 Å². The summed E-state index contributed by atoms with van der Waals surface area (Å²) in [6.07, 6.45) is 0.277. The van der Waals surface area contributed by atoms with Crippen molar-refractivity contribution in [1.29, 1.82) is 0 Å². The van der Waals surface area contributed by atoms with Crippen LogP contribution in [0, 0.1) is 3.57 Å². The van der Waals surface area contributed by atoms with Crippen molar-refractivity contribution >= 4 is 22.6 Å². The fraction of sp³-hybridized carbons (Fsp3) is 0.571. The van der Waals surface area contributed by atoms with Crippen molar-refractivity contribution in [2.24, 2.45) is 5.73 Å². The quantitative estimate of drug-likeness (QED) is 0.762. The van der Waals surface area contributed by atoms with E-state index in [-0.39, 0.29) is 18.2 Å². The van der Waals surface area contributed by atoms with E-state index < -0.39 is 0 Å². The largest absolute Gasteiger partial charge is 0.491 e. The maximum Gasteiger partial charge on any atom is 0.125 e. The number of halogens is 1. The average molecular weight is 374 g/mol. The van der Waals surface area contributed by atoms with Gasteiger partial charge in [0, 0.05) is 22.2 Å². The number of hydrogen-bond acceptors (Lipinski definition) is 4. The van der Waals surface area contributed by atoms with Crippen molar-refractivity contribution in [3.8, 4) is 5.75 Å². The van der Waals surface area contributed by atoms with Gasteiger partial charge in [-0.3, -0.25) is 4.90 Å². The summed E-state index contributed by atoms with van der Waals surface area (Å²) in [4.78, 5) is 2.40. The summed E-state index contributed by atoms with van der Waals surface area (Å²) in [5.41, 5.74) is 7.57. The van der Waals surface area contributed by atoms with Gasteiger partial charge in [0.2, 0.25) is 0 Å². The van der Waals surface area contributed by atoms with Crippen LogP contribution in [0.1, 0.15) is 18.5 Å². The molecule has 2 aliphatic rings. The zero-order valence-electron chi connectivity index (χ0n) is 11.0. The minimum absolute atomic E-state index is 0.0195. The summed E-state index contributed by atoms with van der Waals surface area (Å²) in [6.45, 7) is 5.43. The second-order valence-corrected chi connectivity index (χ2v) is 6.51. The van der Waals surface area contributed by atoms with Gasteiger partial charge in [-0.05, 0) is 41.6 Å². The molecule has 0 aromatic heterocycles. The molecule has 3 atom stereocenters. The number of nitrogens with two attached hydrogens (primary N) is 1. The molecule has 2 N–H and O–H groups in total. The second kappa shape index (κ2) is 5.55. The summed E-state index contributed by atoms with van der Waals surface area (Å²) in [5.74, 6) is 0.942. The highest BCUT2D eigenvalue weighted by molar-refractivity contribution is 14.1. The Labute approximate surface area is 127 Å². The van der Waals surface area contributed by atoms with Gasteiger partial charge in [-0.25, -0.2) is 0 Å². The third-order valence-electron chi connectivity index (χ3n) is 3.90. The minimum atomic E-state index is 0.0195. The molecule has 1 aromatic carbocycles. The van der Waals surface area contributed by atoms with Crippen LogP contribution in [0.25, 0.3) is 0 Å². The summed E-state index contributed by atoms with van der Waals surface area (Å²) in [5, 5.41) is 0. The maximum atomic E-state index is 6.45. The summed E-state index contributed by atoms with van der Waals surface area (Å²) in [6, 6.07) is 6.52. The molecule has 4 nitrogen and oxygen atoms in total. The Bertz CT molecular complexity index is 469. The third kappa shape index (κ3) is 2.74. The number of fused-ring (bicyclic) bond motifs is 1. The second-order valence-electron chi connectivity index (χ2n) is 5.26. The molecule has 0 saturated carbocycles. The molecule has 0 aliphatic carbocycles. The number of morpholine rings is 1. The fourth-order valence-electron chi connectivity index (χ4n) is 2.87. The zero-order chi connectivity index (χ0) is 13.4. The molecule has 2 heterocycles. The molecular weight excluding hydrogens is 355 g/mol. The Morgan fingerprint density at radius 2 is 2.26 bits per heavy atom. The van der Waals surface area contributed by atoms with Gasteiger partial charge in [0.25, 0.3) is 0 Å². The van der Waals surface area contributed by atoms with Gasteiger partial charge in [0.15, 0.2) is 0 Å². The number of ether oxygens (including phenoxy) is 2. The number of nitrogens with zero attached hydrogens (tertiary/aromatic N) is 1. The Balaban J connectivity index is 1.81. The van der Waals surface area contributed by atoms with Gasteiger partial charge in [0.1, 0.15) is 12.4 Å². The standard InChI is InChI=1S/C14H19IN2O2/c1-9-7-17(4-5-18-9)12-8-19-13-6-10(15)2-3-11(13)14(12)16/h2-3,6,9,12,14H,4-5,7-8,16H2,1H3/t9-,12+,14+/m1/s1. The molecule has 5 heteroatoms. The monoisotopic (exact) mass is 374 g/mol.